The molecule has 0 radical (unpaired) electrons. The minimum atomic E-state index is -4.53. The van der Waals surface area contributed by atoms with Gasteiger partial charge in [0.1, 0.15) is 18.5 Å². The number of nitrogens with zero attached hydrogens (tertiary/aromatic N) is 2. The fraction of sp³-hybridized carbons (Fsp3) is 0.444. The average Bonchev–Trinajstić information content (AvgIpc) is 2.63. The summed E-state index contributed by atoms with van der Waals surface area (Å²) in [5.41, 5.74) is 1.88. The number of β-amino-alcohol motifs (C(OH)–C–C–N with tert-alkyl or cyclic N) is 1. The standard InChI is InChI=1S/C18H24F3N5O2/c1-17(2,3)23-9-12(27)10-28-15-8-11(18(19,20)21)4-5-13(15)14-6-7-16(24-22)26-25-14/h4-8,12,23,27H,9-10,22H2,1-3H3,(H,24,26). The lowest BCUT2D eigenvalue weighted by molar-refractivity contribution is -0.137. The Morgan fingerprint density at radius 2 is 1.86 bits per heavy atom. The number of nitrogens with two attached hydrogens (primary N) is 1. The molecule has 7 nitrogen and oxygen atoms in total. The number of halogens is 3. The highest BCUT2D eigenvalue weighted by Gasteiger charge is 2.31. The fourth-order valence-electron chi connectivity index (χ4n) is 2.25. The van der Waals surface area contributed by atoms with Gasteiger partial charge in [-0.2, -0.15) is 13.2 Å². The Kier molecular flexibility index (Phi) is 6.81. The molecule has 0 aliphatic rings. The van der Waals surface area contributed by atoms with E-state index in [-0.39, 0.29) is 24.4 Å². The van der Waals surface area contributed by atoms with Gasteiger partial charge < -0.3 is 20.6 Å². The number of ether oxygens (including phenoxy) is 1. The highest BCUT2D eigenvalue weighted by Crippen LogP contribution is 2.36. The molecule has 1 unspecified atom stereocenters. The predicted molar refractivity (Wildman–Crippen MR) is 99.5 cm³/mol. The third-order valence-corrected chi connectivity index (χ3v) is 3.70. The molecule has 154 valence electrons. The second-order valence-electron chi connectivity index (χ2n) is 7.25. The Morgan fingerprint density at radius 3 is 2.39 bits per heavy atom. The molecule has 0 spiro atoms. The zero-order chi connectivity index (χ0) is 20.9. The summed E-state index contributed by atoms with van der Waals surface area (Å²) in [6.45, 7) is 5.85. The summed E-state index contributed by atoms with van der Waals surface area (Å²) in [7, 11) is 0. The molecule has 2 rings (SSSR count). The third-order valence-electron chi connectivity index (χ3n) is 3.70. The van der Waals surface area contributed by atoms with E-state index in [1.54, 1.807) is 6.07 Å². The maximum atomic E-state index is 13.1. The van der Waals surface area contributed by atoms with Gasteiger partial charge in [-0.15, -0.1) is 10.2 Å². The number of nitrogen functional groups attached to an aromatic ring is 1. The van der Waals surface area contributed by atoms with Gasteiger partial charge in [-0.3, -0.25) is 0 Å². The van der Waals surface area contributed by atoms with Crippen molar-refractivity contribution >= 4 is 5.82 Å². The lowest BCUT2D eigenvalue weighted by atomic mass is 10.1. The van der Waals surface area contributed by atoms with Gasteiger partial charge in [0, 0.05) is 17.6 Å². The maximum Gasteiger partial charge on any atom is 0.416 e. The van der Waals surface area contributed by atoms with Crippen LogP contribution in [0.15, 0.2) is 30.3 Å². The molecule has 0 amide bonds. The zero-order valence-electron chi connectivity index (χ0n) is 15.8. The number of rotatable bonds is 7. The quantitative estimate of drug-likeness (QED) is 0.419. The van der Waals surface area contributed by atoms with Crippen LogP contribution in [-0.4, -0.2) is 40.1 Å². The first-order chi connectivity index (χ1) is 13.0. The van der Waals surface area contributed by atoms with Crippen molar-refractivity contribution in [2.45, 2.75) is 38.6 Å². The topological polar surface area (TPSA) is 105 Å². The van der Waals surface area contributed by atoms with Gasteiger partial charge in [-0.05, 0) is 51.1 Å². The number of hydrogen-bond acceptors (Lipinski definition) is 7. The molecule has 0 fully saturated rings. The highest BCUT2D eigenvalue weighted by molar-refractivity contribution is 5.68. The van der Waals surface area contributed by atoms with E-state index in [0.29, 0.717) is 17.1 Å². The van der Waals surface area contributed by atoms with Crippen molar-refractivity contribution in [1.29, 1.82) is 0 Å². The van der Waals surface area contributed by atoms with Crippen LogP contribution in [0.5, 0.6) is 5.75 Å². The molecule has 10 heteroatoms. The van der Waals surface area contributed by atoms with Crippen LogP contribution in [-0.2, 0) is 6.18 Å². The normalized spacial score (nSPS) is 13.3. The molecular weight excluding hydrogens is 375 g/mol. The second-order valence-corrected chi connectivity index (χ2v) is 7.25. The highest BCUT2D eigenvalue weighted by atomic mass is 19.4. The van der Waals surface area contributed by atoms with Gasteiger partial charge in [-0.1, -0.05) is 0 Å². The zero-order valence-corrected chi connectivity index (χ0v) is 15.8. The van der Waals surface area contributed by atoms with Crippen LogP contribution < -0.4 is 21.3 Å². The van der Waals surface area contributed by atoms with Crippen molar-refractivity contribution in [3.8, 4) is 17.0 Å². The van der Waals surface area contributed by atoms with Gasteiger partial charge in [0.05, 0.1) is 11.3 Å². The Bertz CT molecular complexity index is 776. The van der Waals surface area contributed by atoms with Crippen LogP contribution in [0.25, 0.3) is 11.3 Å². The summed E-state index contributed by atoms with van der Waals surface area (Å²) in [6.07, 6.45) is -5.43. The van der Waals surface area contributed by atoms with Crippen LogP contribution in [0, 0.1) is 0 Å². The number of benzene rings is 1. The number of alkyl halides is 3. The van der Waals surface area contributed by atoms with Gasteiger partial charge >= 0.3 is 6.18 Å². The predicted octanol–water partition coefficient (Wildman–Crippen LogP) is 2.58. The van der Waals surface area contributed by atoms with Crippen LogP contribution in [0.4, 0.5) is 19.0 Å². The molecule has 0 bridgehead atoms. The van der Waals surface area contributed by atoms with E-state index in [1.807, 2.05) is 20.8 Å². The van der Waals surface area contributed by atoms with Crippen LogP contribution in [0.1, 0.15) is 26.3 Å². The molecule has 1 aromatic heterocycles. The number of nitrogens with one attached hydrogen (secondary N) is 2. The van der Waals surface area contributed by atoms with Gasteiger partial charge in [-0.25, -0.2) is 5.84 Å². The molecule has 2 aromatic rings. The number of anilines is 1. The van der Waals surface area contributed by atoms with Crippen LogP contribution in [0.3, 0.4) is 0 Å². The molecule has 0 saturated heterocycles. The summed E-state index contributed by atoms with van der Waals surface area (Å²) in [5.74, 6) is 5.50. The fourth-order valence-corrected chi connectivity index (χ4v) is 2.25. The van der Waals surface area contributed by atoms with E-state index in [1.165, 1.54) is 12.1 Å². The van der Waals surface area contributed by atoms with E-state index < -0.39 is 17.8 Å². The first-order valence-corrected chi connectivity index (χ1v) is 8.57. The van der Waals surface area contributed by atoms with Crippen LogP contribution in [0.2, 0.25) is 0 Å². The lowest BCUT2D eigenvalue weighted by Crippen LogP contribution is -2.42. The molecule has 1 atom stereocenters. The first kappa shape index (κ1) is 21.9. The number of aliphatic hydroxyl groups is 1. The number of hydrazine groups is 1. The molecule has 5 N–H and O–H groups in total. The Morgan fingerprint density at radius 1 is 1.14 bits per heavy atom. The van der Waals surface area contributed by atoms with Crippen molar-refractivity contribution in [3.63, 3.8) is 0 Å². The van der Waals surface area contributed by atoms with Crippen molar-refractivity contribution in [3.05, 3.63) is 35.9 Å². The molecular formula is C18H24F3N5O2. The lowest BCUT2D eigenvalue weighted by Gasteiger charge is -2.23. The molecule has 28 heavy (non-hydrogen) atoms. The van der Waals surface area contributed by atoms with Crippen molar-refractivity contribution in [2.75, 3.05) is 18.6 Å². The third kappa shape index (κ3) is 6.32. The molecule has 1 heterocycles. The summed E-state index contributed by atoms with van der Waals surface area (Å²) < 4.78 is 44.8. The smallest absolute Gasteiger partial charge is 0.416 e. The van der Waals surface area contributed by atoms with E-state index in [2.05, 4.69) is 20.9 Å². The maximum absolute atomic E-state index is 13.1. The summed E-state index contributed by atoms with van der Waals surface area (Å²) >= 11 is 0. The summed E-state index contributed by atoms with van der Waals surface area (Å²) in [5, 5.41) is 20.9. The van der Waals surface area contributed by atoms with E-state index in [9.17, 15) is 18.3 Å². The van der Waals surface area contributed by atoms with Crippen LogP contribution >= 0.6 is 0 Å². The molecule has 0 aliphatic carbocycles. The Labute approximate surface area is 161 Å². The Hall–Kier alpha value is -2.43. The number of hydrogen-bond donors (Lipinski definition) is 4. The second kappa shape index (κ2) is 8.72. The first-order valence-electron chi connectivity index (χ1n) is 8.57. The molecule has 0 aliphatic heterocycles. The van der Waals surface area contributed by atoms with E-state index in [4.69, 9.17) is 10.6 Å². The van der Waals surface area contributed by atoms with Gasteiger partial charge in [0.15, 0.2) is 5.82 Å². The van der Waals surface area contributed by atoms with Crippen molar-refractivity contribution in [1.82, 2.24) is 15.5 Å². The number of aromatic nitrogens is 2. The van der Waals surface area contributed by atoms with Gasteiger partial charge in [0.25, 0.3) is 0 Å². The largest absolute Gasteiger partial charge is 0.490 e. The Balaban J connectivity index is 2.25. The minimum Gasteiger partial charge on any atom is -0.490 e. The molecule has 0 saturated carbocycles. The SMILES string of the molecule is CC(C)(C)NCC(O)COc1cc(C(F)(F)F)ccc1-c1ccc(NN)nn1. The number of aliphatic hydroxyl groups excluding tert-OH is 1. The summed E-state index contributed by atoms with van der Waals surface area (Å²) in [6, 6.07) is 6.17. The van der Waals surface area contributed by atoms with Crippen molar-refractivity contribution < 1.29 is 23.0 Å². The van der Waals surface area contributed by atoms with E-state index >= 15 is 0 Å². The molecule has 1 aromatic carbocycles. The van der Waals surface area contributed by atoms with E-state index in [0.717, 1.165) is 12.1 Å². The monoisotopic (exact) mass is 399 g/mol. The van der Waals surface area contributed by atoms with Gasteiger partial charge in [0.2, 0.25) is 0 Å². The average molecular weight is 399 g/mol. The summed E-state index contributed by atoms with van der Waals surface area (Å²) in [4.78, 5) is 0. The minimum absolute atomic E-state index is 0.0487. The van der Waals surface area contributed by atoms with Crippen molar-refractivity contribution in [2.24, 2.45) is 5.84 Å².